The molecule has 1 heterocycles. The Morgan fingerprint density at radius 3 is 2.55 bits per heavy atom. The molecule has 0 saturated carbocycles. The molecule has 0 unspecified atom stereocenters. The fourth-order valence-electron chi connectivity index (χ4n) is 2.62. The van der Waals surface area contributed by atoms with Crippen molar-refractivity contribution in [3.63, 3.8) is 0 Å². The molecule has 0 radical (unpaired) electrons. The molecular formula is C20H11Cl3N2O4. The fourth-order valence-corrected chi connectivity index (χ4v) is 3.36. The highest BCUT2D eigenvalue weighted by molar-refractivity contribution is 6.40. The number of hydrogen-bond donors (Lipinski definition) is 1. The number of barbiturate groups is 1. The first-order valence-electron chi connectivity index (χ1n) is 8.04. The second kappa shape index (κ2) is 8.58. The van der Waals surface area contributed by atoms with E-state index in [2.05, 4.69) is 11.2 Å². The van der Waals surface area contributed by atoms with Crippen LogP contribution in [0.2, 0.25) is 15.1 Å². The number of benzene rings is 2. The van der Waals surface area contributed by atoms with Crippen molar-refractivity contribution in [1.82, 2.24) is 5.32 Å². The lowest BCUT2D eigenvalue weighted by molar-refractivity contribution is -0.122. The summed E-state index contributed by atoms with van der Waals surface area (Å²) in [4.78, 5) is 38.4. The van der Waals surface area contributed by atoms with E-state index in [1.807, 2.05) is 0 Å². The standard InChI is InChI=1S/C20H11Cl3N2O4/c1-2-6-29-17-11(7-13(22)10-16(17)23)8-15-18(26)24-20(28)25(19(15)27)14-5-3-4-12(21)9-14/h1,3-5,7-10H,6H2,(H,24,26,28)/b15-8+. The normalized spacial score (nSPS) is 15.3. The highest BCUT2D eigenvalue weighted by atomic mass is 35.5. The average Bonchev–Trinajstić information content (AvgIpc) is 2.64. The van der Waals surface area contributed by atoms with Crippen LogP contribution in [-0.2, 0) is 9.59 Å². The first-order chi connectivity index (χ1) is 13.8. The summed E-state index contributed by atoms with van der Waals surface area (Å²) in [7, 11) is 0. The maximum absolute atomic E-state index is 13.0. The number of anilines is 1. The van der Waals surface area contributed by atoms with E-state index in [1.54, 1.807) is 12.1 Å². The molecule has 4 amide bonds. The van der Waals surface area contributed by atoms with Gasteiger partial charge in [0.25, 0.3) is 11.8 Å². The zero-order valence-corrected chi connectivity index (χ0v) is 16.8. The van der Waals surface area contributed by atoms with Crippen molar-refractivity contribution >= 4 is 64.4 Å². The first-order valence-corrected chi connectivity index (χ1v) is 9.17. The quantitative estimate of drug-likeness (QED) is 0.428. The number of carbonyl (C=O) groups is 3. The Bertz CT molecular complexity index is 1110. The lowest BCUT2D eigenvalue weighted by Crippen LogP contribution is -2.54. The third-order valence-corrected chi connectivity index (χ3v) is 4.54. The summed E-state index contributed by atoms with van der Waals surface area (Å²) in [5, 5.41) is 2.83. The van der Waals surface area contributed by atoms with E-state index in [0.29, 0.717) is 5.02 Å². The molecule has 0 atom stereocenters. The van der Waals surface area contributed by atoms with E-state index >= 15 is 0 Å². The number of ether oxygens (including phenoxy) is 1. The Balaban J connectivity index is 2.09. The topological polar surface area (TPSA) is 75.7 Å². The van der Waals surface area contributed by atoms with Gasteiger partial charge in [-0.3, -0.25) is 14.9 Å². The summed E-state index contributed by atoms with van der Waals surface area (Å²) in [5.41, 5.74) is 0.122. The highest BCUT2D eigenvalue weighted by Crippen LogP contribution is 2.34. The molecule has 2 aromatic rings. The van der Waals surface area contributed by atoms with E-state index in [0.717, 1.165) is 4.90 Å². The number of urea groups is 1. The second-order valence-corrected chi connectivity index (χ2v) is 7.02. The van der Waals surface area contributed by atoms with E-state index in [-0.39, 0.29) is 39.2 Å². The zero-order valence-electron chi connectivity index (χ0n) is 14.5. The Labute approximate surface area is 181 Å². The van der Waals surface area contributed by atoms with E-state index in [4.69, 9.17) is 46.0 Å². The van der Waals surface area contributed by atoms with Gasteiger partial charge in [-0.25, -0.2) is 9.69 Å². The predicted octanol–water partition coefficient (Wildman–Crippen LogP) is 4.33. The van der Waals surface area contributed by atoms with Gasteiger partial charge in [0.2, 0.25) is 0 Å². The van der Waals surface area contributed by atoms with Gasteiger partial charge in [-0.1, -0.05) is 46.8 Å². The van der Waals surface area contributed by atoms with E-state index in [9.17, 15) is 14.4 Å². The van der Waals surface area contributed by atoms with Crippen molar-refractivity contribution < 1.29 is 19.1 Å². The highest BCUT2D eigenvalue weighted by Gasteiger charge is 2.37. The van der Waals surface area contributed by atoms with Gasteiger partial charge in [0.1, 0.15) is 17.9 Å². The van der Waals surface area contributed by atoms with Crippen molar-refractivity contribution in [1.29, 1.82) is 0 Å². The molecule has 9 heteroatoms. The molecule has 29 heavy (non-hydrogen) atoms. The molecule has 2 aromatic carbocycles. The van der Waals surface area contributed by atoms with Gasteiger partial charge in [-0.2, -0.15) is 0 Å². The van der Waals surface area contributed by atoms with Crippen molar-refractivity contribution in [3.05, 3.63) is 62.6 Å². The maximum Gasteiger partial charge on any atom is 0.335 e. The summed E-state index contributed by atoms with van der Waals surface area (Å²) in [6.07, 6.45) is 6.44. The molecule has 146 valence electrons. The molecule has 1 fully saturated rings. The number of hydrogen-bond acceptors (Lipinski definition) is 4. The number of nitrogens with one attached hydrogen (secondary N) is 1. The van der Waals surface area contributed by atoms with Crippen LogP contribution >= 0.6 is 34.8 Å². The molecule has 6 nitrogen and oxygen atoms in total. The van der Waals surface area contributed by atoms with Crippen LogP contribution in [0, 0.1) is 12.3 Å². The van der Waals surface area contributed by atoms with Gasteiger partial charge in [0.05, 0.1) is 10.7 Å². The van der Waals surface area contributed by atoms with E-state index < -0.39 is 17.8 Å². The van der Waals surface area contributed by atoms with Crippen LogP contribution in [0.25, 0.3) is 6.08 Å². The van der Waals surface area contributed by atoms with Crippen LogP contribution in [0.1, 0.15) is 5.56 Å². The van der Waals surface area contributed by atoms with Crippen molar-refractivity contribution in [3.8, 4) is 18.1 Å². The van der Waals surface area contributed by atoms with Gasteiger partial charge in [0.15, 0.2) is 0 Å². The summed E-state index contributed by atoms with van der Waals surface area (Å²) < 4.78 is 5.42. The number of amides is 4. The van der Waals surface area contributed by atoms with Gasteiger partial charge in [-0.15, -0.1) is 6.42 Å². The molecule has 1 N–H and O–H groups in total. The Morgan fingerprint density at radius 2 is 1.86 bits per heavy atom. The summed E-state index contributed by atoms with van der Waals surface area (Å²) in [6, 6.07) is 8.07. The van der Waals surface area contributed by atoms with Gasteiger partial charge < -0.3 is 4.74 Å². The third-order valence-electron chi connectivity index (χ3n) is 3.80. The molecule has 0 spiro atoms. The van der Waals surface area contributed by atoms with Crippen LogP contribution in [0.3, 0.4) is 0 Å². The number of terminal acetylenes is 1. The van der Waals surface area contributed by atoms with Gasteiger partial charge >= 0.3 is 6.03 Å². The van der Waals surface area contributed by atoms with Crippen molar-refractivity contribution in [2.45, 2.75) is 0 Å². The van der Waals surface area contributed by atoms with Crippen molar-refractivity contribution in [2.24, 2.45) is 0 Å². The maximum atomic E-state index is 13.0. The minimum atomic E-state index is -0.896. The molecule has 1 saturated heterocycles. The minimum Gasteiger partial charge on any atom is -0.479 e. The molecule has 0 bridgehead atoms. The van der Waals surface area contributed by atoms with E-state index in [1.165, 1.54) is 30.3 Å². The summed E-state index contributed by atoms with van der Waals surface area (Å²) in [6.45, 7) is -0.0925. The molecular weight excluding hydrogens is 439 g/mol. The largest absolute Gasteiger partial charge is 0.479 e. The number of carbonyl (C=O) groups excluding carboxylic acids is 3. The smallest absolute Gasteiger partial charge is 0.335 e. The predicted molar refractivity (Wildman–Crippen MR) is 111 cm³/mol. The molecule has 1 aliphatic heterocycles. The van der Waals surface area contributed by atoms with Gasteiger partial charge in [-0.05, 0) is 36.4 Å². The van der Waals surface area contributed by atoms with Crippen LogP contribution < -0.4 is 15.0 Å². The SMILES string of the molecule is C#CCOc1c(Cl)cc(Cl)cc1/C=C1\C(=O)NC(=O)N(c2cccc(Cl)c2)C1=O. The van der Waals surface area contributed by atoms with Gasteiger partial charge in [0, 0.05) is 15.6 Å². The number of halogens is 3. The second-order valence-electron chi connectivity index (χ2n) is 5.74. The lowest BCUT2D eigenvalue weighted by atomic mass is 10.1. The Hall–Kier alpha value is -2.98. The monoisotopic (exact) mass is 448 g/mol. The average molecular weight is 450 g/mol. The van der Waals surface area contributed by atoms with Crippen molar-refractivity contribution in [2.75, 3.05) is 11.5 Å². The lowest BCUT2D eigenvalue weighted by Gasteiger charge is -2.26. The number of nitrogens with zero attached hydrogens (tertiary/aromatic N) is 1. The summed E-state index contributed by atoms with van der Waals surface area (Å²) in [5.74, 6) is 0.722. The Morgan fingerprint density at radius 1 is 1.10 bits per heavy atom. The molecule has 1 aliphatic rings. The Kier molecular flexibility index (Phi) is 6.14. The molecule has 3 rings (SSSR count). The third kappa shape index (κ3) is 4.38. The molecule has 0 aromatic heterocycles. The minimum absolute atomic E-state index is 0.0925. The summed E-state index contributed by atoms with van der Waals surface area (Å²) >= 11 is 18.1. The number of rotatable bonds is 4. The van der Waals surface area contributed by atoms with Crippen LogP contribution in [0.5, 0.6) is 5.75 Å². The van der Waals surface area contributed by atoms with Crippen LogP contribution in [0.4, 0.5) is 10.5 Å². The zero-order chi connectivity index (χ0) is 21.1. The molecule has 0 aliphatic carbocycles. The van der Waals surface area contributed by atoms with Crippen LogP contribution in [-0.4, -0.2) is 24.5 Å². The number of imide groups is 2. The fraction of sp³-hybridized carbons (Fsp3) is 0.0500. The first kappa shape index (κ1) is 20.7. The van der Waals surface area contributed by atoms with Crippen LogP contribution in [0.15, 0.2) is 42.0 Å².